The number of aliphatic carboxylic acids is 1. The summed E-state index contributed by atoms with van der Waals surface area (Å²) in [5, 5.41) is 20.0. The molecule has 0 bridgehead atoms. The molecule has 1 aliphatic rings. The number of benzene rings is 2. The van der Waals surface area contributed by atoms with Gasteiger partial charge in [0.25, 0.3) is 0 Å². The van der Waals surface area contributed by atoms with Crippen LogP contribution >= 0.6 is 0 Å². The molecule has 2 aromatic rings. The van der Waals surface area contributed by atoms with Crippen LogP contribution in [-0.2, 0) is 16.1 Å². The molecule has 1 amide bonds. The standard InChI is InChI=1S/C20H20FN3O7/c21-16-11-18(31-13-19(25)26)15(10-17(16)22-6-8-30-9-7-22)20(27)23(24(28)29)12-14-4-2-1-3-5-14/h1-5,10-11H,6-9,12-13H2,(H,25,26). The summed E-state index contributed by atoms with van der Waals surface area (Å²) in [6.07, 6.45) is 0. The van der Waals surface area contributed by atoms with Crippen molar-refractivity contribution in [2.24, 2.45) is 0 Å². The quantitative estimate of drug-likeness (QED) is 0.495. The van der Waals surface area contributed by atoms with E-state index >= 15 is 0 Å². The number of morpholine rings is 1. The summed E-state index contributed by atoms with van der Waals surface area (Å²) in [6.45, 7) is 0.263. The molecular weight excluding hydrogens is 413 g/mol. The molecule has 10 nitrogen and oxygen atoms in total. The second kappa shape index (κ2) is 9.85. The number of rotatable bonds is 8. The predicted octanol–water partition coefficient (Wildman–Crippen LogP) is 1.96. The van der Waals surface area contributed by atoms with E-state index in [2.05, 4.69) is 0 Å². The Kier molecular flexibility index (Phi) is 6.98. The third-order valence-corrected chi connectivity index (χ3v) is 4.59. The zero-order valence-electron chi connectivity index (χ0n) is 16.4. The Bertz CT molecular complexity index is 965. The monoisotopic (exact) mass is 433 g/mol. The Morgan fingerprint density at radius 3 is 2.52 bits per heavy atom. The normalized spacial score (nSPS) is 13.5. The fourth-order valence-electron chi connectivity index (χ4n) is 3.12. The van der Waals surface area contributed by atoms with Crippen molar-refractivity contribution in [1.29, 1.82) is 0 Å². The van der Waals surface area contributed by atoms with Gasteiger partial charge in [0.1, 0.15) is 18.1 Å². The lowest BCUT2D eigenvalue weighted by Gasteiger charge is -2.29. The van der Waals surface area contributed by atoms with Crippen LogP contribution < -0.4 is 9.64 Å². The molecular formula is C20H20FN3O7. The Labute approximate surface area is 176 Å². The maximum Gasteiger partial charge on any atom is 0.341 e. The number of anilines is 1. The summed E-state index contributed by atoms with van der Waals surface area (Å²) in [6, 6.07) is 10.4. The van der Waals surface area contributed by atoms with Crippen molar-refractivity contribution in [3.05, 3.63) is 69.5 Å². The number of carbonyl (C=O) groups is 2. The van der Waals surface area contributed by atoms with Crippen LogP contribution in [0.5, 0.6) is 5.75 Å². The van der Waals surface area contributed by atoms with E-state index in [1.807, 2.05) is 0 Å². The first-order valence-corrected chi connectivity index (χ1v) is 9.37. The Morgan fingerprint density at radius 2 is 1.90 bits per heavy atom. The van der Waals surface area contributed by atoms with Crippen LogP contribution in [0.4, 0.5) is 10.1 Å². The summed E-state index contributed by atoms with van der Waals surface area (Å²) >= 11 is 0. The molecule has 1 saturated heterocycles. The van der Waals surface area contributed by atoms with Gasteiger partial charge < -0.3 is 19.5 Å². The van der Waals surface area contributed by atoms with Crippen LogP contribution in [0.2, 0.25) is 0 Å². The Morgan fingerprint density at radius 1 is 1.23 bits per heavy atom. The van der Waals surface area contributed by atoms with Crippen molar-refractivity contribution in [2.75, 3.05) is 37.8 Å². The van der Waals surface area contributed by atoms with E-state index in [-0.39, 0.29) is 23.5 Å². The van der Waals surface area contributed by atoms with Gasteiger partial charge in [0, 0.05) is 19.2 Å². The maximum absolute atomic E-state index is 14.7. The SMILES string of the molecule is O=C(O)COc1cc(F)c(N2CCOCC2)cc1C(=O)N(Cc1ccccc1)[N+](=O)[O-]. The number of carboxylic acids is 1. The van der Waals surface area contributed by atoms with Gasteiger partial charge >= 0.3 is 11.9 Å². The highest BCUT2D eigenvalue weighted by Gasteiger charge is 2.31. The van der Waals surface area contributed by atoms with E-state index < -0.39 is 29.3 Å². The van der Waals surface area contributed by atoms with Gasteiger partial charge in [-0.05, 0) is 11.6 Å². The lowest BCUT2D eigenvalue weighted by molar-refractivity contribution is -0.635. The number of carboxylic acid groups (broad SMARTS) is 1. The van der Waals surface area contributed by atoms with Gasteiger partial charge in [-0.1, -0.05) is 35.3 Å². The van der Waals surface area contributed by atoms with Crippen molar-refractivity contribution < 1.29 is 33.6 Å². The molecule has 0 saturated carbocycles. The summed E-state index contributed by atoms with van der Waals surface area (Å²) in [5.41, 5.74) is 0.255. The van der Waals surface area contributed by atoms with E-state index in [1.54, 1.807) is 35.2 Å². The first-order valence-electron chi connectivity index (χ1n) is 9.37. The Hall–Kier alpha value is -3.73. The van der Waals surface area contributed by atoms with Crippen molar-refractivity contribution in [3.8, 4) is 5.75 Å². The van der Waals surface area contributed by atoms with E-state index in [0.717, 1.165) is 12.1 Å². The van der Waals surface area contributed by atoms with Gasteiger partial charge in [0.2, 0.25) is 0 Å². The number of carbonyl (C=O) groups excluding carboxylic acids is 1. The maximum atomic E-state index is 14.7. The highest BCUT2D eigenvalue weighted by atomic mass is 19.1. The van der Waals surface area contributed by atoms with Crippen molar-refractivity contribution in [1.82, 2.24) is 5.01 Å². The number of halogens is 1. The predicted molar refractivity (Wildman–Crippen MR) is 106 cm³/mol. The van der Waals surface area contributed by atoms with Crippen molar-refractivity contribution in [3.63, 3.8) is 0 Å². The fraction of sp³-hybridized carbons (Fsp3) is 0.300. The topological polar surface area (TPSA) is 122 Å². The smallest absolute Gasteiger partial charge is 0.341 e. The van der Waals surface area contributed by atoms with E-state index in [9.17, 15) is 24.1 Å². The summed E-state index contributed by atoms with van der Waals surface area (Å²) in [4.78, 5) is 37.3. The second-order valence-electron chi connectivity index (χ2n) is 6.67. The molecule has 1 aliphatic heterocycles. The lowest BCUT2D eigenvalue weighted by atomic mass is 10.1. The molecule has 164 valence electrons. The number of nitrogens with zero attached hydrogens (tertiary/aromatic N) is 3. The Balaban J connectivity index is 2.00. The van der Waals surface area contributed by atoms with Crippen LogP contribution in [0.1, 0.15) is 15.9 Å². The van der Waals surface area contributed by atoms with Gasteiger partial charge in [-0.15, -0.1) is 0 Å². The third kappa shape index (κ3) is 5.45. The molecule has 0 atom stereocenters. The first-order chi connectivity index (χ1) is 14.9. The minimum atomic E-state index is -1.34. The number of hydrogen-bond donors (Lipinski definition) is 1. The van der Waals surface area contributed by atoms with Crippen LogP contribution in [0.3, 0.4) is 0 Å². The molecule has 1 N–H and O–H groups in total. The summed E-state index contributed by atoms with van der Waals surface area (Å²) < 4.78 is 25.1. The third-order valence-electron chi connectivity index (χ3n) is 4.59. The molecule has 31 heavy (non-hydrogen) atoms. The molecule has 0 aromatic heterocycles. The molecule has 2 aromatic carbocycles. The average Bonchev–Trinajstić information content (AvgIpc) is 2.76. The molecule has 3 rings (SSSR count). The number of hydrogen-bond acceptors (Lipinski definition) is 7. The molecule has 11 heteroatoms. The highest BCUT2D eigenvalue weighted by Crippen LogP contribution is 2.31. The highest BCUT2D eigenvalue weighted by molar-refractivity contribution is 5.97. The minimum absolute atomic E-state index is 0.0531. The summed E-state index contributed by atoms with van der Waals surface area (Å²) in [5.74, 6) is -3.52. The zero-order valence-corrected chi connectivity index (χ0v) is 16.4. The zero-order chi connectivity index (χ0) is 22.4. The van der Waals surface area contributed by atoms with Crippen molar-refractivity contribution in [2.45, 2.75) is 6.54 Å². The second-order valence-corrected chi connectivity index (χ2v) is 6.67. The fourth-order valence-corrected chi connectivity index (χ4v) is 3.12. The van der Waals surface area contributed by atoms with Crippen LogP contribution in [0.25, 0.3) is 0 Å². The summed E-state index contributed by atoms with van der Waals surface area (Å²) in [7, 11) is 0. The van der Waals surface area contributed by atoms with Gasteiger partial charge in [-0.3, -0.25) is 4.79 Å². The number of nitro groups is 1. The van der Waals surface area contributed by atoms with Gasteiger partial charge in [-0.2, -0.15) is 0 Å². The van der Waals surface area contributed by atoms with Crippen LogP contribution in [0.15, 0.2) is 42.5 Å². The number of hydrazine groups is 1. The molecule has 0 aliphatic carbocycles. The molecule has 0 spiro atoms. The van der Waals surface area contributed by atoms with E-state index in [1.165, 1.54) is 0 Å². The van der Waals surface area contributed by atoms with E-state index in [4.69, 9.17) is 14.6 Å². The van der Waals surface area contributed by atoms with Crippen molar-refractivity contribution >= 4 is 17.6 Å². The van der Waals surface area contributed by atoms with Crippen LogP contribution in [-0.4, -0.2) is 59.9 Å². The average molecular weight is 433 g/mol. The van der Waals surface area contributed by atoms with Gasteiger partial charge in [0.15, 0.2) is 11.6 Å². The van der Waals surface area contributed by atoms with E-state index in [0.29, 0.717) is 36.9 Å². The molecule has 1 heterocycles. The number of amides is 1. The van der Waals surface area contributed by atoms with Crippen LogP contribution in [0, 0.1) is 15.9 Å². The molecule has 0 unspecified atom stereocenters. The molecule has 1 fully saturated rings. The largest absolute Gasteiger partial charge is 0.481 e. The lowest BCUT2D eigenvalue weighted by Crippen LogP contribution is -2.38. The van der Waals surface area contributed by atoms with Gasteiger partial charge in [-0.25, -0.2) is 19.3 Å². The first kappa shape index (κ1) is 22.0. The minimum Gasteiger partial charge on any atom is -0.481 e. The van der Waals surface area contributed by atoms with Gasteiger partial charge in [0.05, 0.1) is 24.5 Å². The number of ether oxygens (including phenoxy) is 2. The molecule has 0 radical (unpaired) electrons.